The van der Waals surface area contributed by atoms with Gasteiger partial charge in [0.1, 0.15) is 23.7 Å². The molecule has 0 radical (unpaired) electrons. The molecular weight excluding hydrogens is 683 g/mol. The number of hydrogen-bond acceptors (Lipinski definition) is 12. The van der Waals surface area contributed by atoms with Crippen LogP contribution in [0.15, 0.2) is 30.3 Å². The number of esters is 1. The second-order valence-corrected chi connectivity index (χ2v) is 16.4. The number of Topliss-reactive ketones (excluding diaryl/α,β-unsaturated/α-hetero) is 1. The number of nitrogens with one attached hydrogen (secondary N) is 4. The Kier molecular flexibility index (Phi) is 14.6. The smallest absolute Gasteiger partial charge is 0.410 e. The first kappa shape index (κ1) is 43.3. The van der Waals surface area contributed by atoms with E-state index in [1.54, 1.807) is 44.2 Å². The highest BCUT2D eigenvalue weighted by molar-refractivity contribution is 7.49. The third-order valence-electron chi connectivity index (χ3n) is 9.50. The molecule has 0 aromatic heterocycles. The summed E-state index contributed by atoms with van der Waals surface area (Å²) < 4.78 is 19.1. The number of ether oxygens (including phenoxy) is 1. The van der Waals surface area contributed by atoms with Gasteiger partial charge in [0.2, 0.25) is 34.6 Å². The Morgan fingerprint density at radius 2 is 1.41 bits per heavy atom. The molecule has 16 nitrogen and oxygen atoms in total. The van der Waals surface area contributed by atoms with E-state index in [1.807, 2.05) is 0 Å². The Bertz CT molecular complexity index is 1480. The van der Waals surface area contributed by atoms with Crippen molar-refractivity contribution in [3.8, 4) is 0 Å². The van der Waals surface area contributed by atoms with E-state index in [1.165, 1.54) is 27.7 Å². The topological polar surface area (TPSA) is 269 Å². The number of aliphatic hydroxyl groups is 2. The van der Waals surface area contributed by atoms with Crippen LogP contribution in [-0.2, 0) is 43.6 Å². The second-order valence-electron chi connectivity index (χ2n) is 14.0. The fourth-order valence-electron chi connectivity index (χ4n) is 6.01. The van der Waals surface area contributed by atoms with Gasteiger partial charge in [0.15, 0.2) is 5.54 Å². The molecule has 1 aliphatic rings. The van der Waals surface area contributed by atoms with Gasteiger partial charge in [-0.15, -0.1) is 0 Å². The number of nitrogens with two attached hydrogens (primary N) is 2. The van der Waals surface area contributed by atoms with Gasteiger partial charge in [-0.25, -0.2) is 4.79 Å². The van der Waals surface area contributed by atoms with E-state index in [-0.39, 0.29) is 12.8 Å². The molecule has 0 spiro atoms. The lowest BCUT2D eigenvalue weighted by atomic mass is 9.76. The van der Waals surface area contributed by atoms with Crippen molar-refractivity contribution in [1.82, 2.24) is 21.3 Å². The zero-order valence-electron chi connectivity index (χ0n) is 30.6. The molecule has 7 atom stereocenters. The van der Waals surface area contributed by atoms with E-state index in [2.05, 4.69) is 21.3 Å². The lowest BCUT2D eigenvalue weighted by Crippen LogP contribution is -2.69. The van der Waals surface area contributed by atoms with Crippen molar-refractivity contribution in [3.05, 3.63) is 35.9 Å². The summed E-state index contributed by atoms with van der Waals surface area (Å²) in [6.07, 6.45) is 0.841. The molecule has 0 aliphatic heterocycles. The first-order valence-electron chi connectivity index (χ1n) is 16.9. The summed E-state index contributed by atoms with van der Waals surface area (Å²) in [5.41, 5.74) is 6.41. The average Bonchev–Trinajstić information content (AvgIpc) is 3.59. The number of carbonyl (C=O) groups excluding carboxylic acids is 6. The van der Waals surface area contributed by atoms with Gasteiger partial charge in [0, 0.05) is 19.8 Å². The van der Waals surface area contributed by atoms with Crippen molar-refractivity contribution >= 4 is 43.2 Å². The second kappa shape index (κ2) is 17.1. The van der Waals surface area contributed by atoms with Crippen LogP contribution in [0.5, 0.6) is 0 Å². The highest BCUT2D eigenvalue weighted by atomic mass is 31.1. The number of carbonyl (C=O) groups is 6. The molecule has 10 N–H and O–H groups in total. The van der Waals surface area contributed by atoms with Crippen molar-refractivity contribution in [2.45, 2.75) is 114 Å². The molecule has 1 fully saturated rings. The summed E-state index contributed by atoms with van der Waals surface area (Å²) >= 11 is 0. The number of hydrogen-bond donors (Lipinski definition) is 8. The molecule has 1 aliphatic carbocycles. The number of ketones is 1. The fraction of sp³-hybridized carbons (Fsp3) is 0.647. The third-order valence-corrected chi connectivity index (χ3v) is 11.8. The highest BCUT2D eigenvalue weighted by Gasteiger charge is 2.70. The molecule has 1 saturated carbocycles. The summed E-state index contributed by atoms with van der Waals surface area (Å²) in [4.78, 5) is 79.7. The van der Waals surface area contributed by atoms with Crippen LogP contribution < -0.4 is 32.7 Å². The van der Waals surface area contributed by atoms with Gasteiger partial charge in [-0.3, -0.25) is 29.3 Å². The van der Waals surface area contributed by atoms with Gasteiger partial charge in [0.05, 0.1) is 13.7 Å². The molecule has 51 heavy (non-hydrogen) atoms. The van der Waals surface area contributed by atoms with Crippen LogP contribution in [0, 0.1) is 11.8 Å². The number of amides is 4. The Morgan fingerprint density at radius 1 is 0.882 bits per heavy atom. The number of methoxy groups -OCH3 is 1. The molecule has 1 aromatic rings. The van der Waals surface area contributed by atoms with E-state index in [0.29, 0.717) is 18.4 Å². The average molecular weight is 738 g/mol. The minimum absolute atomic E-state index is 0.000421. The zero-order chi connectivity index (χ0) is 39.1. The van der Waals surface area contributed by atoms with Crippen molar-refractivity contribution in [1.29, 1.82) is 0 Å². The summed E-state index contributed by atoms with van der Waals surface area (Å²) in [5, 5.41) is 29.1. The van der Waals surface area contributed by atoms with Crippen LogP contribution >= 0.6 is 7.80 Å². The maximum Gasteiger partial charge on any atom is 0.410 e. The summed E-state index contributed by atoms with van der Waals surface area (Å²) in [7, 11) is -1.93. The molecule has 1 aromatic carbocycles. The predicted octanol–water partition coefficient (Wildman–Crippen LogP) is 0.00110. The van der Waals surface area contributed by atoms with Crippen LogP contribution in [-0.4, -0.2) is 93.6 Å². The summed E-state index contributed by atoms with van der Waals surface area (Å²) in [5.74, 6) is -6.52. The van der Waals surface area contributed by atoms with E-state index < -0.39 is 101 Å². The molecule has 2 unspecified atom stereocenters. The Balaban J connectivity index is 2.25. The number of benzene rings is 1. The van der Waals surface area contributed by atoms with Crippen LogP contribution in [0.4, 0.5) is 0 Å². The normalized spacial score (nSPS) is 19.6. The molecule has 0 heterocycles. The molecule has 284 valence electrons. The third kappa shape index (κ3) is 9.16. The Labute approximate surface area is 299 Å². The fourth-order valence-corrected chi connectivity index (χ4v) is 8.15. The Hall–Kier alpha value is -3.82. The molecule has 0 saturated heterocycles. The minimum Gasteiger partial charge on any atom is -0.467 e. The molecule has 2 rings (SSSR count). The first-order valence-corrected chi connectivity index (χ1v) is 18.1. The van der Waals surface area contributed by atoms with Gasteiger partial charge in [-0.2, -0.15) is 0 Å². The van der Waals surface area contributed by atoms with Gasteiger partial charge in [0.25, 0.3) is 0 Å². The predicted molar refractivity (Wildman–Crippen MR) is 188 cm³/mol. The van der Waals surface area contributed by atoms with E-state index in [0.717, 1.165) is 14.0 Å². The van der Waals surface area contributed by atoms with Crippen molar-refractivity contribution in [2.75, 3.05) is 13.7 Å². The molecule has 4 amide bonds. The maximum atomic E-state index is 14.4. The molecule has 17 heteroatoms. The number of aliphatic hydroxyl groups excluding tert-OH is 1. The quantitative estimate of drug-likeness (QED) is 0.0455. The maximum absolute atomic E-state index is 14.4. The summed E-state index contributed by atoms with van der Waals surface area (Å²) in [6, 6.07) is 4.37. The van der Waals surface area contributed by atoms with Gasteiger partial charge < -0.3 is 42.4 Å². The van der Waals surface area contributed by atoms with E-state index in [4.69, 9.17) is 16.2 Å². The standard InChI is InChI=1S/C34H53N6O10P/c1-19(2)24(27(44)50-8)39-30(47)34(36,20(3)4)28(45)32(16-12-13-17-32)51(49)31(7,48)40-26(43)22(6)37-25(42)21(5)38-29(46)33(35,18-41)23-14-10-9-11-15-23/h9-11,14-15,19-22,24,41,48H,12-13,16-18,35-36H2,1-8H3,(H3-,37,38,39,40,42,43,46,47)/p+1/t21-,22-,24-,31?,33+,34+/m0/s1. The van der Waals surface area contributed by atoms with Crippen LogP contribution in [0.1, 0.15) is 79.7 Å². The minimum atomic E-state index is -3.08. The van der Waals surface area contributed by atoms with Crippen molar-refractivity contribution in [3.63, 3.8) is 0 Å². The van der Waals surface area contributed by atoms with Crippen LogP contribution in [0.3, 0.4) is 0 Å². The Morgan fingerprint density at radius 3 is 1.88 bits per heavy atom. The zero-order valence-corrected chi connectivity index (χ0v) is 31.5. The van der Waals surface area contributed by atoms with Gasteiger partial charge >= 0.3 is 19.2 Å². The molecule has 0 bridgehead atoms. The lowest BCUT2D eigenvalue weighted by Gasteiger charge is -2.36. The van der Waals surface area contributed by atoms with Gasteiger partial charge in [-0.05, 0) is 44.1 Å². The lowest BCUT2D eigenvalue weighted by molar-refractivity contribution is -0.149. The van der Waals surface area contributed by atoms with Gasteiger partial charge in [-0.1, -0.05) is 62.6 Å². The molecular formula is C34H54N6O10P+. The van der Waals surface area contributed by atoms with Crippen molar-refractivity contribution < 1.29 is 48.3 Å². The summed E-state index contributed by atoms with van der Waals surface area (Å²) in [6.45, 7) is 9.31. The SMILES string of the molecule is COC(=O)[C@@H](NC(=O)[C@](N)(C(=O)C1([P+](=O)C(C)(O)NC(=O)[C@H](C)NC(=O)[C@H](C)NC(=O)[C@@](N)(CO)c2ccccc2)CCCC1)C(C)C)C(C)C. The first-order chi connectivity index (χ1) is 23.6. The van der Waals surface area contributed by atoms with Crippen LogP contribution in [0.25, 0.3) is 0 Å². The monoisotopic (exact) mass is 737 g/mol. The van der Waals surface area contributed by atoms with Crippen molar-refractivity contribution in [2.24, 2.45) is 23.3 Å². The largest absolute Gasteiger partial charge is 0.467 e. The van der Waals surface area contributed by atoms with Crippen LogP contribution in [0.2, 0.25) is 0 Å². The van der Waals surface area contributed by atoms with E-state index >= 15 is 0 Å². The van der Waals surface area contributed by atoms with E-state index in [9.17, 15) is 43.5 Å². The highest BCUT2D eigenvalue weighted by Crippen LogP contribution is 2.58. The number of rotatable bonds is 17.